The van der Waals surface area contributed by atoms with E-state index in [1.54, 1.807) is 43.5 Å². The summed E-state index contributed by atoms with van der Waals surface area (Å²) >= 11 is 7.10. The van der Waals surface area contributed by atoms with Gasteiger partial charge in [-0.05, 0) is 67.6 Å². The number of carbonyl (C=O) groups is 3. The van der Waals surface area contributed by atoms with Crippen molar-refractivity contribution in [2.75, 3.05) is 32.2 Å². The van der Waals surface area contributed by atoms with Crippen LogP contribution in [0.15, 0.2) is 41.3 Å². The summed E-state index contributed by atoms with van der Waals surface area (Å²) in [7, 11) is 1.54. The average Bonchev–Trinajstić information content (AvgIpc) is 3.05. The molecule has 0 aromatic heterocycles. The van der Waals surface area contributed by atoms with E-state index in [2.05, 4.69) is 5.32 Å². The van der Waals surface area contributed by atoms with Crippen molar-refractivity contribution in [2.45, 2.75) is 13.8 Å². The van der Waals surface area contributed by atoms with Crippen LogP contribution in [0.2, 0.25) is 5.02 Å². The smallest absolute Gasteiger partial charge is 0.294 e. The molecule has 2 aromatic carbocycles. The summed E-state index contributed by atoms with van der Waals surface area (Å²) in [4.78, 5) is 38.6. The third kappa shape index (κ3) is 6.00. The number of nitrogens with zero attached hydrogens (tertiary/aromatic N) is 1. The Labute approximate surface area is 200 Å². The molecule has 8 nitrogen and oxygen atoms in total. The Morgan fingerprint density at radius 2 is 1.73 bits per heavy atom. The number of anilines is 1. The van der Waals surface area contributed by atoms with Crippen LogP contribution in [-0.2, 0) is 9.59 Å². The van der Waals surface area contributed by atoms with Crippen molar-refractivity contribution in [3.63, 3.8) is 0 Å². The third-order valence-corrected chi connectivity index (χ3v) is 5.73. The molecule has 0 atom stereocenters. The van der Waals surface area contributed by atoms with Crippen molar-refractivity contribution in [3.05, 3.63) is 51.9 Å². The van der Waals surface area contributed by atoms with Gasteiger partial charge >= 0.3 is 0 Å². The van der Waals surface area contributed by atoms with E-state index in [4.69, 9.17) is 25.8 Å². The quantitative estimate of drug-likeness (QED) is 0.503. The summed E-state index contributed by atoms with van der Waals surface area (Å²) in [5.74, 6) is 0.543. The molecule has 33 heavy (non-hydrogen) atoms. The fourth-order valence-electron chi connectivity index (χ4n) is 2.99. The van der Waals surface area contributed by atoms with Crippen molar-refractivity contribution in [1.82, 2.24) is 4.90 Å². The van der Waals surface area contributed by atoms with Crippen molar-refractivity contribution in [1.29, 1.82) is 0 Å². The molecule has 0 aliphatic carbocycles. The maximum absolute atomic E-state index is 12.8. The zero-order valence-corrected chi connectivity index (χ0v) is 19.9. The first-order valence-corrected chi connectivity index (χ1v) is 11.3. The molecule has 3 rings (SSSR count). The lowest BCUT2D eigenvalue weighted by molar-refractivity contribution is -0.127. The van der Waals surface area contributed by atoms with E-state index in [-0.39, 0.29) is 4.91 Å². The Balaban J connectivity index is 1.75. The molecule has 2 aromatic rings. The van der Waals surface area contributed by atoms with Gasteiger partial charge in [-0.1, -0.05) is 11.6 Å². The van der Waals surface area contributed by atoms with Gasteiger partial charge in [0, 0.05) is 11.8 Å². The lowest BCUT2D eigenvalue weighted by Crippen LogP contribution is -2.36. The maximum atomic E-state index is 12.8. The predicted molar refractivity (Wildman–Crippen MR) is 128 cm³/mol. The van der Waals surface area contributed by atoms with E-state index in [0.29, 0.717) is 46.7 Å². The molecule has 0 bridgehead atoms. The summed E-state index contributed by atoms with van der Waals surface area (Å²) in [5, 5.41) is 2.45. The average molecular weight is 491 g/mol. The van der Waals surface area contributed by atoms with Gasteiger partial charge in [-0.2, -0.15) is 0 Å². The molecule has 0 radical (unpaired) electrons. The standard InChI is InChI=1S/C23H23ClN2O6S/c1-4-31-18-10-14(17(24)12-19(18)32-5-2)11-20-22(28)26(23(29)33-20)13-21(27)25-15-6-8-16(30-3)9-7-15/h6-12H,4-5,13H2,1-3H3,(H,25,27)/b20-11+. The van der Waals surface area contributed by atoms with Crippen LogP contribution in [0, 0.1) is 0 Å². The van der Waals surface area contributed by atoms with Crippen LogP contribution < -0.4 is 19.5 Å². The Bertz CT molecular complexity index is 1090. The fraction of sp³-hybridized carbons (Fsp3) is 0.261. The van der Waals surface area contributed by atoms with E-state index in [1.807, 2.05) is 13.8 Å². The molecule has 1 N–H and O–H groups in total. The largest absolute Gasteiger partial charge is 0.497 e. The first-order valence-electron chi connectivity index (χ1n) is 10.1. The predicted octanol–water partition coefficient (Wildman–Crippen LogP) is 4.82. The van der Waals surface area contributed by atoms with Crippen molar-refractivity contribution in [2.24, 2.45) is 0 Å². The van der Waals surface area contributed by atoms with Gasteiger partial charge in [-0.3, -0.25) is 19.3 Å². The van der Waals surface area contributed by atoms with Crippen LogP contribution in [-0.4, -0.2) is 48.8 Å². The number of carbonyl (C=O) groups excluding carboxylic acids is 3. The molecule has 1 heterocycles. The highest BCUT2D eigenvalue weighted by atomic mass is 35.5. The molecule has 174 valence electrons. The SMILES string of the molecule is CCOc1cc(Cl)c(/C=C2/SC(=O)N(CC(=O)Nc3ccc(OC)cc3)C2=O)cc1OCC. The Morgan fingerprint density at radius 1 is 1.09 bits per heavy atom. The number of benzene rings is 2. The van der Waals surface area contributed by atoms with Crippen LogP contribution in [0.25, 0.3) is 6.08 Å². The van der Waals surface area contributed by atoms with E-state index < -0.39 is 23.6 Å². The van der Waals surface area contributed by atoms with Gasteiger partial charge in [0.25, 0.3) is 11.1 Å². The highest BCUT2D eigenvalue weighted by molar-refractivity contribution is 8.18. The molecule has 0 unspecified atom stereocenters. The summed E-state index contributed by atoms with van der Waals surface area (Å²) < 4.78 is 16.2. The zero-order valence-electron chi connectivity index (χ0n) is 18.3. The first-order chi connectivity index (χ1) is 15.9. The number of thioether (sulfide) groups is 1. The number of rotatable bonds is 9. The van der Waals surface area contributed by atoms with E-state index in [1.165, 1.54) is 6.08 Å². The van der Waals surface area contributed by atoms with E-state index in [0.717, 1.165) is 16.7 Å². The molecule has 1 aliphatic rings. The second-order valence-electron chi connectivity index (χ2n) is 6.73. The van der Waals surface area contributed by atoms with Crippen LogP contribution in [0.4, 0.5) is 10.5 Å². The van der Waals surface area contributed by atoms with Crippen molar-refractivity contribution < 1.29 is 28.6 Å². The van der Waals surface area contributed by atoms with Crippen LogP contribution >= 0.6 is 23.4 Å². The van der Waals surface area contributed by atoms with Gasteiger partial charge in [-0.15, -0.1) is 0 Å². The Hall–Kier alpha value is -3.17. The summed E-state index contributed by atoms with van der Waals surface area (Å²) in [6.07, 6.45) is 1.51. The second kappa shape index (κ2) is 11.1. The van der Waals surface area contributed by atoms with Crippen LogP contribution in [0.1, 0.15) is 19.4 Å². The van der Waals surface area contributed by atoms with Crippen LogP contribution in [0.3, 0.4) is 0 Å². The monoisotopic (exact) mass is 490 g/mol. The summed E-state index contributed by atoms with van der Waals surface area (Å²) in [6.45, 7) is 4.13. The Morgan fingerprint density at radius 3 is 2.33 bits per heavy atom. The number of amides is 3. The number of ether oxygens (including phenoxy) is 3. The van der Waals surface area contributed by atoms with Crippen LogP contribution in [0.5, 0.6) is 17.2 Å². The minimum absolute atomic E-state index is 0.158. The van der Waals surface area contributed by atoms with Crippen molar-refractivity contribution in [3.8, 4) is 17.2 Å². The number of methoxy groups -OCH3 is 1. The van der Waals surface area contributed by atoms with Crippen molar-refractivity contribution >= 4 is 52.2 Å². The highest BCUT2D eigenvalue weighted by Crippen LogP contribution is 2.38. The van der Waals surface area contributed by atoms with E-state index in [9.17, 15) is 14.4 Å². The van der Waals surface area contributed by atoms with Gasteiger partial charge in [0.05, 0.1) is 30.3 Å². The number of halogens is 1. The van der Waals surface area contributed by atoms with Gasteiger partial charge in [0.15, 0.2) is 11.5 Å². The molecule has 0 spiro atoms. The Kier molecular flexibility index (Phi) is 8.24. The highest BCUT2D eigenvalue weighted by Gasteiger charge is 2.36. The zero-order chi connectivity index (χ0) is 24.0. The molecule has 10 heteroatoms. The topological polar surface area (TPSA) is 94.2 Å². The van der Waals surface area contributed by atoms with E-state index >= 15 is 0 Å². The van der Waals surface area contributed by atoms with Gasteiger partial charge in [0.1, 0.15) is 12.3 Å². The third-order valence-electron chi connectivity index (χ3n) is 4.50. The summed E-state index contributed by atoms with van der Waals surface area (Å²) in [6, 6.07) is 9.96. The molecular weight excluding hydrogens is 468 g/mol. The normalized spacial score (nSPS) is 14.5. The van der Waals surface area contributed by atoms with Gasteiger partial charge in [-0.25, -0.2) is 0 Å². The summed E-state index contributed by atoms with van der Waals surface area (Å²) in [5.41, 5.74) is 1.02. The fourth-order valence-corrected chi connectivity index (χ4v) is 4.03. The molecule has 1 aliphatic heterocycles. The second-order valence-corrected chi connectivity index (χ2v) is 8.13. The van der Waals surface area contributed by atoms with Gasteiger partial charge in [0.2, 0.25) is 5.91 Å². The maximum Gasteiger partial charge on any atom is 0.294 e. The molecule has 0 saturated carbocycles. The molecule has 1 saturated heterocycles. The first kappa shape index (κ1) is 24.5. The number of imide groups is 1. The molecule has 3 amide bonds. The number of nitrogens with one attached hydrogen (secondary N) is 1. The lowest BCUT2D eigenvalue weighted by atomic mass is 10.1. The minimum atomic E-state index is -0.571. The minimum Gasteiger partial charge on any atom is -0.497 e. The number of hydrogen-bond acceptors (Lipinski definition) is 7. The van der Waals surface area contributed by atoms with Gasteiger partial charge < -0.3 is 19.5 Å². The molecule has 1 fully saturated rings. The number of hydrogen-bond donors (Lipinski definition) is 1. The lowest BCUT2D eigenvalue weighted by Gasteiger charge is -2.13. The molecular formula is C23H23ClN2O6S.